The summed E-state index contributed by atoms with van der Waals surface area (Å²) in [5, 5.41) is 2.69. The highest BCUT2D eigenvalue weighted by atomic mass is 16.5. The van der Waals surface area contributed by atoms with Crippen molar-refractivity contribution < 1.29 is 9.53 Å². The van der Waals surface area contributed by atoms with Gasteiger partial charge in [-0.25, -0.2) is 0 Å². The van der Waals surface area contributed by atoms with E-state index >= 15 is 0 Å². The lowest BCUT2D eigenvalue weighted by atomic mass is 10.1. The maximum absolute atomic E-state index is 11.5. The second kappa shape index (κ2) is 4.50. The van der Waals surface area contributed by atoms with E-state index in [0.29, 0.717) is 23.5 Å². The molecule has 0 unspecified atom stereocenters. The van der Waals surface area contributed by atoms with Gasteiger partial charge in [-0.05, 0) is 19.1 Å². The number of ether oxygens (including phenoxy) is 1. The molecule has 4 heteroatoms. The van der Waals surface area contributed by atoms with Gasteiger partial charge in [0.15, 0.2) is 5.75 Å². The molecule has 0 spiro atoms. The molecular formula is C10H14N2O2. The third-order valence-corrected chi connectivity index (χ3v) is 1.83. The van der Waals surface area contributed by atoms with Crippen LogP contribution >= 0.6 is 0 Å². The molecule has 0 heterocycles. The summed E-state index contributed by atoms with van der Waals surface area (Å²) in [5.41, 5.74) is 6.60. The van der Waals surface area contributed by atoms with Crippen molar-refractivity contribution in [2.45, 2.75) is 6.92 Å². The van der Waals surface area contributed by atoms with Crippen molar-refractivity contribution in [1.29, 1.82) is 0 Å². The highest BCUT2D eigenvalue weighted by Gasteiger charge is 2.12. The molecule has 0 radical (unpaired) electrons. The average Bonchev–Trinajstić information content (AvgIpc) is 2.17. The maximum atomic E-state index is 11.5. The van der Waals surface area contributed by atoms with E-state index in [9.17, 15) is 4.79 Å². The zero-order valence-electron chi connectivity index (χ0n) is 8.33. The lowest BCUT2D eigenvalue weighted by Crippen LogP contribution is -2.23. The van der Waals surface area contributed by atoms with Gasteiger partial charge in [0.25, 0.3) is 5.91 Å². The van der Waals surface area contributed by atoms with Crippen LogP contribution in [0.2, 0.25) is 0 Å². The van der Waals surface area contributed by atoms with Gasteiger partial charge in [-0.15, -0.1) is 0 Å². The number of benzene rings is 1. The molecule has 0 aromatic heterocycles. The van der Waals surface area contributed by atoms with Gasteiger partial charge in [0.05, 0.1) is 18.4 Å². The number of hydrogen-bond acceptors (Lipinski definition) is 3. The van der Waals surface area contributed by atoms with E-state index < -0.39 is 0 Å². The van der Waals surface area contributed by atoms with Crippen LogP contribution in [0.4, 0.5) is 5.69 Å². The standard InChI is InChI=1S/C10H14N2O2/c1-3-12-10(13)7-5-4-6-8(11)9(7)14-2/h4-6H,3,11H2,1-2H3,(H,12,13). The van der Waals surface area contributed by atoms with E-state index in [1.807, 2.05) is 6.92 Å². The summed E-state index contributed by atoms with van der Waals surface area (Å²) in [4.78, 5) is 11.5. The first-order valence-electron chi connectivity index (χ1n) is 4.41. The second-order valence-corrected chi connectivity index (χ2v) is 2.79. The highest BCUT2D eigenvalue weighted by Crippen LogP contribution is 2.25. The Morgan fingerprint density at radius 3 is 2.86 bits per heavy atom. The number of hydrogen-bond donors (Lipinski definition) is 2. The fraction of sp³-hybridized carbons (Fsp3) is 0.300. The Kier molecular flexibility index (Phi) is 3.34. The predicted molar refractivity (Wildman–Crippen MR) is 55.4 cm³/mol. The molecule has 0 aliphatic heterocycles. The molecule has 1 rings (SSSR count). The second-order valence-electron chi connectivity index (χ2n) is 2.79. The van der Waals surface area contributed by atoms with Crippen LogP contribution in [0, 0.1) is 0 Å². The van der Waals surface area contributed by atoms with Crippen molar-refractivity contribution in [2.75, 3.05) is 19.4 Å². The minimum atomic E-state index is -0.170. The predicted octanol–water partition coefficient (Wildman–Crippen LogP) is 1.03. The van der Waals surface area contributed by atoms with Crippen molar-refractivity contribution >= 4 is 11.6 Å². The van der Waals surface area contributed by atoms with Gasteiger partial charge in [0.1, 0.15) is 0 Å². The van der Waals surface area contributed by atoms with E-state index in [2.05, 4.69) is 5.32 Å². The van der Waals surface area contributed by atoms with Gasteiger partial charge >= 0.3 is 0 Å². The molecule has 1 aromatic carbocycles. The summed E-state index contributed by atoms with van der Waals surface area (Å²) in [6, 6.07) is 5.10. The molecule has 4 nitrogen and oxygen atoms in total. The van der Waals surface area contributed by atoms with Crippen LogP contribution in [-0.4, -0.2) is 19.6 Å². The Morgan fingerprint density at radius 2 is 2.29 bits per heavy atom. The molecule has 0 aliphatic rings. The van der Waals surface area contributed by atoms with Crippen molar-refractivity contribution in [3.05, 3.63) is 23.8 Å². The van der Waals surface area contributed by atoms with E-state index in [0.717, 1.165) is 0 Å². The first-order valence-corrected chi connectivity index (χ1v) is 4.41. The zero-order chi connectivity index (χ0) is 10.6. The quantitative estimate of drug-likeness (QED) is 0.706. The van der Waals surface area contributed by atoms with Crippen LogP contribution in [0.15, 0.2) is 18.2 Å². The fourth-order valence-electron chi connectivity index (χ4n) is 1.22. The van der Waals surface area contributed by atoms with Crippen LogP contribution in [0.5, 0.6) is 5.75 Å². The number of rotatable bonds is 3. The number of carbonyl (C=O) groups excluding carboxylic acids is 1. The summed E-state index contributed by atoms with van der Waals surface area (Å²) in [6.07, 6.45) is 0. The highest BCUT2D eigenvalue weighted by molar-refractivity contribution is 5.98. The summed E-state index contributed by atoms with van der Waals surface area (Å²) in [5.74, 6) is 0.259. The van der Waals surface area contributed by atoms with Crippen LogP contribution in [0.25, 0.3) is 0 Å². The van der Waals surface area contributed by atoms with E-state index in [1.54, 1.807) is 18.2 Å². The minimum Gasteiger partial charge on any atom is -0.494 e. The fourth-order valence-corrected chi connectivity index (χ4v) is 1.22. The molecule has 1 amide bonds. The molecule has 76 valence electrons. The summed E-state index contributed by atoms with van der Waals surface area (Å²) >= 11 is 0. The number of amides is 1. The van der Waals surface area contributed by atoms with Crippen LogP contribution in [-0.2, 0) is 0 Å². The molecule has 1 aromatic rings. The lowest BCUT2D eigenvalue weighted by molar-refractivity contribution is 0.0953. The Balaban J connectivity index is 3.07. The van der Waals surface area contributed by atoms with Crippen molar-refractivity contribution in [1.82, 2.24) is 5.32 Å². The molecule has 3 N–H and O–H groups in total. The Bertz CT molecular complexity index is 337. The number of nitrogen functional groups attached to an aromatic ring is 1. The molecule has 0 saturated carbocycles. The van der Waals surface area contributed by atoms with Crippen molar-refractivity contribution in [3.63, 3.8) is 0 Å². The van der Waals surface area contributed by atoms with Gasteiger partial charge in [0, 0.05) is 6.54 Å². The van der Waals surface area contributed by atoms with Crippen molar-refractivity contribution in [2.24, 2.45) is 0 Å². The number of methoxy groups -OCH3 is 1. The smallest absolute Gasteiger partial charge is 0.255 e. The SMILES string of the molecule is CCNC(=O)c1cccc(N)c1OC. The lowest BCUT2D eigenvalue weighted by Gasteiger charge is -2.09. The van der Waals surface area contributed by atoms with Crippen LogP contribution < -0.4 is 15.8 Å². The summed E-state index contributed by atoms with van der Waals surface area (Å²) in [6.45, 7) is 2.44. The average molecular weight is 194 g/mol. The van der Waals surface area contributed by atoms with E-state index in [-0.39, 0.29) is 5.91 Å². The van der Waals surface area contributed by atoms with Gasteiger partial charge < -0.3 is 15.8 Å². The molecule has 14 heavy (non-hydrogen) atoms. The number of carbonyl (C=O) groups is 1. The molecule has 0 saturated heterocycles. The molecule has 0 aliphatic carbocycles. The van der Waals surface area contributed by atoms with Crippen molar-refractivity contribution in [3.8, 4) is 5.75 Å². The number of para-hydroxylation sites is 1. The van der Waals surface area contributed by atoms with Gasteiger partial charge in [-0.3, -0.25) is 4.79 Å². The first-order chi connectivity index (χ1) is 6.70. The molecule has 0 fully saturated rings. The number of nitrogens with two attached hydrogens (primary N) is 1. The Hall–Kier alpha value is -1.71. The third-order valence-electron chi connectivity index (χ3n) is 1.83. The Morgan fingerprint density at radius 1 is 1.57 bits per heavy atom. The molecule has 0 atom stereocenters. The number of anilines is 1. The maximum Gasteiger partial charge on any atom is 0.255 e. The zero-order valence-corrected chi connectivity index (χ0v) is 8.33. The first kappa shape index (κ1) is 10.4. The van der Waals surface area contributed by atoms with Gasteiger partial charge in [-0.1, -0.05) is 6.07 Å². The Labute approximate surface area is 83.1 Å². The molecular weight excluding hydrogens is 180 g/mol. The monoisotopic (exact) mass is 194 g/mol. The van der Waals surface area contributed by atoms with Crippen LogP contribution in [0.3, 0.4) is 0 Å². The summed E-state index contributed by atoms with van der Waals surface area (Å²) < 4.78 is 5.06. The van der Waals surface area contributed by atoms with Gasteiger partial charge in [-0.2, -0.15) is 0 Å². The van der Waals surface area contributed by atoms with Gasteiger partial charge in [0.2, 0.25) is 0 Å². The summed E-state index contributed by atoms with van der Waals surface area (Å²) in [7, 11) is 1.49. The normalized spacial score (nSPS) is 9.57. The van der Waals surface area contributed by atoms with E-state index in [1.165, 1.54) is 7.11 Å². The largest absolute Gasteiger partial charge is 0.494 e. The topological polar surface area (TPSA) is 64.4 Å². The molecule has 0 bridgehead atoms. The third kappa shape index (κ3) is 1.96. The minimum absolute atomic E-state index is 0.170. The number of nitrogens with one attached hydrogen (secondary N) is 1. The van der Waals surface area contributed by atoms with E-state index in [4.69, 9.17) is 10.5 Å². The van der Waals surface area contributed by atoms with Crippen LogP contribution in [0.1, 0.15) is 17.3 Å².